The Hall–Kier alpha value is -0.860. The number of allylic oxidation sites excluding steroid dienone is 4. The fraction of sp³-hybridized carbons (Fsp3) is 0.750. The molecule has 0 saturated carbocycles. The van der Waals surface area contributed by atoms with E-state index < -0.39 is 0 Å². The molecule has 2 N–H and O–H groups in total. The Labute approximate surface area is 163 Å². The van der Waals surface area contributed by atoms with Gasteiger partial charge in [-0.1, -0.05) is 57.4 Å². The third-order valence-electron chi connectivity index (χ3n) is 6.02. The van der Waals surface area contributed by atoms with E-state index in [2.05, 4.69) is 60.3 Å². The highest BCUT2D eigenvalue weighted by atomic mass is 16.3. The van der Waals surface area contributed by atoms with Crippen LogP contribution in [0.2, 0.25) is 0 Å². The SMILES string of the molecule is C=C(C)CCC[C@H](C)CCO.CC/C(=C\CC1CC=C(C)C1(C)C)CO. The molecular weight excluding hydrogens is 320 g/mol. The van der Waals surface area contributed by atoms with E-state index in [-0.39, 0.29) is 6.61 Å². The topological polar surface area (TPSA) is 40.5 Å². The van der Waals surface area contributed by atoms with Gasteiger partial charge in [0.25, 0.3) is 0 Å². The van der Waals surface area contributed by atoms with E-state index in [0.717, 1.165) is 25.7 Å². The number of aliphatic hydroxyl groups is 2. The van der Waals surface area contributed by atoms with Gasteiger partial charge in [0.05, 0.1) is 6.61 Å². The summed E-state index contributed by atoms with van der Waals surface area (Å²) in [5.41, 5.74) is 4.30. The van der Waals surface area contributed by atoms with Gasteiger partial charge in [0.1, 0.15) is 0 Å². The zero-order valence-electron chi connectivity index (χ0n) is 18.3. The van der Waals surface area contributed by atoms with Gasteiger partial charge in [-0.3, -0.25) is 0 Å². The van der Waals surface area contributed by atoms with Crippen molar-refractivity contribution < 1.29 is 10.2 Å². The Kier molecular flexibility index (Phi) is 12.9. The van der Waals surface area contributed by atoms with Crippen LogP contribution in [0.1, 0.15) is 86.5 Å². The smallest absolute Gasteiger partial charge is 0.0641 e. The highest BCUT2D eigenvalue weighted by Gasteiger charge is 2.33. The molecule has 0 fully saturated rings. The molecule has 0 heterocycles. The standard InChI is InChI=1S/C14H24O.C10H20O/c1-5-12(10-15)7-9-13-8-6-11(2)14(13,3)4;1-9(2)5-4-6-10(3)7-8-11/h6-7,13,15H,5,8-10H2,1-4H3;10-11H,1,4-8H2,2-3H3/b12-7+;/t;10-/m.0/s1. The maximum atomic E-state index is 9.10. The lowest BCUT2D eigenvalue weighted by Crippen LogP contribution is -2.19. The second-order valence-electron chi connectivity index (χ2n) is 8.62. The predicted octanol–water partition coefficient (Wildman–Crippen LogP) is 6.45. The quantitative estimate of drug-likeness (QED) is 0.437. The fourth-order valence-electron chi connectivity index (χ4n) is 3.34. The first-order chi connectivity index (χ1) is 12.2. The second kappa shape index (κ2) is 13.3. The van der Waals surface area contributed by atoms with Crippen LogP contribution in [-0.2, 0) is 0 Å². The highest BCUT2D eigenvalue weighted by molar-refractivity contribution is 5.19. The minimum Gasteiger partial charge on any atom is -0.396 e. The first kappa shape index (κ1) is 25.1. The van der Waals surface area contributed by atoms with Crippen LogP contribution in [0.3, 0.4) is 0 Å². The molecule has 1 unspecified atom stereocenters. The van der Waals surface area contributed by atoms with Gasteiger partial charge in [0, 0.05) is 6.61 Å². The molecular formula is C24H44O2. The van der Waals surface area contributed by atoms with Crippen LogP contribution in [0.4, 0.5) is 0 Å². The zero-order chi connectivity index (χ0) is 20.2. The summed E-state index contributed by atoms with van der Waals surface area (Å²) in [5.74, 6) is 1.38. The maximum absolute atomic E-state index is 9.10. The molecule has 1 aliphatic carbocycles. The summed E-state index contributed by atoms with van der Waals surface area (Å²) in [6.45, 7) is 17.6. The van der Waals surface area contributed by atoms with E-state index in [9.17, 15) is 0 Å². The van der Waals surface area contributed by atoms with Crippen molar-refractivity contribution in [2.24, 2.45) is 17.3 Å². The van der Waals surface area contributed by atoms with Crippen molar-refractivity contribution >= 4 is 0 Å². The zero-order valence-corrected chi connectivity index (χ0v) is 18.3. The summed E-state index contributed by atoms with van der Waals surface area (Å²) >= 11 is 0. The molecule has 2 nitrogen and oxygen atoms in total. The van der Waals surface area contributed by atoms with Crippen molar-refractivity contribution in [3.05, 3.63) is 35.5 Å². The third kappa shape index (κ3) is 9.73. The van der Waals surface area contributed by atoms with Crippen molar-refractivity contribution in [1.29, 1.82) is 0 Å². The number of aliphatic hydroxyl groups excluding tert-OH is 2. The van der Waals surface area contributed by atoms with E-state index in [4.69, 9.17) is 10.2 Å². The Morgan fingerprint density at radius 1 is 1.35 bits per heavy atom. The molecule has 0 aliphatic heterocycles. The average molecular weight is 365 g/mol. The first-order valence-corrected chi connectivity index (χ1v) is 10.4. The second-order valence-corrected chi connectivity index (χ2v) is 8.62. The van der Waals surface area contributed by atoms with Crippen LogP contribution in [0, 0.1) is 17.3 Å². The summed E-state index contributed by atoms with van der Waals surface area (Å²) in [6, 6.07) is 0. The van der Waals surface area contributed by atoms with Gasteiger partial charge in [-0.05, 0) is 75.2 Å². The van der Waals surface area contributed by atoms with Crippen LogP contribution >= 0.6 is 0 Å². The van der Waals surface area contributed by atoms with Crippen molar-refractivity contribution in [3.63, 3.8) is 0 Å². The van der Waals surface area contributed by atoms with Gasteiger partial charge >= 0.3 is 0 Å². The summed E-state index contributed by atoms with van der Waals surface area (Å²) in [6.07, 6.45) is 12.4. The molecule has 26 heavy (non-hydrogen) atoms. The maximum Gasteiger partial charge on any atom is 0.0641 e. The van der Waals surface area contributed by atoms with Crippen molar-refractivity contribution in [2.45, 2.75) is 86.5 Å². The lowest BCUT2D eigenvalue weighted by Gasteiger charge is -2.29. The Morgan fingerprint density at radius 3 is 2.42 bits per heavy atom. The normalized spacial score (nSPS) is 20.2. The summed E-state index contributed by atoms with van der Waals surface area (Å²) in [7, 11) is 0. The summed E-state index contributed by atoms with van der Waals surface area (Å²) in [5, 5.41) is 17.7. The Balaban J connectivity index is 0.000000508. The van der Waals surface area contributed by atoms with Crippen LogP contribution in [0.15, 0.2) is 35.5 Å². The third-order valence-corrected chi connectivity index (χ3v) is 6.02. The van der Waals surface area contributed by atoms with Crippen molar-refractivity contribution in [2.75, 3.05) is 13.2 Å². The molecule has 0 aromatic heterocycles. The number of rotatable bonds is 10. The first-order valence-electron chi connectivity index (χ1n) is 10.4. The van der Waals surface area contributed by atoms with Gasteiger partial charge in [-0.2, -0.15) is 0 Å². The molecule has 0 saturated heterocycles. The lowest BCUT2D eigenvalue weighted by atomic mass is 9.76. The fourth-order valence-corrected chi connectivity index (χ4v) is 3.34. The molecule has 2 atom stereocenters. The minimum absolute atomic E-state index is 0.218. The van der Waals surface area contributed by atoms with E-state index in [1.54, 1.807) is 0 Å². The highest BCUT2D eigenvalue weighted by Crippen LogP contribution is 2.44. The van der Waals surface area contributed by atoms with Crippen LogP contribution in [0.5, 0.6) is 0 Å². The molecule has 0 aromatic carbocycles. The van der Waals surface area contributed by atoms with Gasteiger partial charge < -0.3 is 10.2 Å². The van der Waals surface area contributed by atoms with E-state index in [0.29, 0.717) is 23.9 Å². The van der Waals surface area contributed by atoms with Crippen LogP contribution < -0.4 is 0 Å². The summed E-state index contributed by atoms with van der Waals surface area (Å²) in [4.78, 5) is 0. The van der Waals surface area contributed by atoms with E-state index >= 15 is 0 Å². The van der Waals surface area contributed by atoms with E-state index in [1.807, 2.05) is 0 Å². The largest absolute Gasteiger partial charge is 0.396 e. The Morgan fingerprint density at radius 2 is 2.00 bits per heavy atom. The van der Waals surface area contributed by atoms with Crippen molar-refractivity contribution in [1.82, 2.24) is 0 Å². The van der Waals surface area contributed by atoms with Crippen LogP contribution in [-0.4, -0.2) is 23.4 Å². The molecule has 0 aromatic rings. The van der Waals surface area contributed by atoms with Gasteiger partial charge in [0.15, 0.2) is 0 Å². The van der Waals surface area contributed by atoms with Gasteiger partial charge in [0.2, 0.25) is 0 Å². The minimum atomic E-state index is 0.218. The predicted molar refractivity (Wildman–Crippen MR) is 115 cm³/mol. The molecule has 152 valence electrons. The molecule has 0 spiro atoms. The molecule has 0 radical (unpaired) electrons. The molecule has 2 heteroatoms. The summed E-state index contributed by atoms with van der Waals surface area (Å²) < 4.78 is 0. The van der Waals surface area contributed by atoms with Crippen molar-refractivity contribution in [3.8, 4) is 0 Å². The molecule has 1 aliphatic rings. The Bertz CT molecular complexity index is 451. The average Bonchev–Trinajstić information content (AvgIpc) is 2.82. The molecule has 1 rings (SSSR count). The molecule has 0 bridgehead atoms. The number of hydrogen-bond donors (Lipinski definition) is 2. The van der Waals surface area contributed by atoms with Crippen LogP contribution in [0.25, 0.3) is 0 Å². The molecule has 0 amide bonds. The number of hydrogen-bond acceptors (Lipinski definition) is 2. The van der Waals surface area contributed by atoms with E-state index in [1.165, 1.54) is 36.0 Å². The van der Waals surface area contributed by atoms with Gasteiger partial charge in [-0.15, -0.1) is 6.58 Å². The van der Waals surface area contributed by atoms with Gasteiger partial charge in [-0.25, -0.2) is 0 Å². The monoisotopic (exact) mass is 364 g/mol. The lowest BCUT2D eigenvalue weighted by molar-refractivity contribution is 0.257.